The number of alkyl halides is 3. The Kier molecular flexibility index (Phi) is 6.98. The number of nitrogens with zero attached hydrogens (tertiary/aromatic N) is 3. The zero-order valence-corrected chi connectivity index (χ0v) is 21.3. The number of fused-ring (bicyclic) bond motifs is 1. The van der Waals surface area contributed by atoms with Gasteiger partial charge in [0.25, 0.3) is 5.91 Å². The van der Waals surface area contributed by atoms with Gasteiger partial charge in [-0.1, -0.05) is 18.2 Å². The third-order valence-corrected chi connectivity index (χ3v) is 6.44. The number of benzene rings is 2. The highest BCUT2D eigenvalue weighted by molar-refractivity contribution is 6.08. The molecule has 0 atom stereocenters. The van der Waals surface area contributed by atoms with Crippen molar-refractivity contribution in [3.63, 3.8) is 0 Å². The molecule has 0 spiro atoms. The summed E-state index contributed by atoms with van der Waals surface area (Å²) in [4.78, 5) is 30.3. The third-order valence-electron chi connectivity index (χ3n) is 6.44. The molecule has 1 aliphatic carbocycles. The van der Waals surface area contributed by atoms with E-state index in [1.54, 1.807) is 36.4 Å². The summed E-state index contributed by atoms with van der Waals surface area (Å²) in [6, 6.07) is 13.5. The molecule has 0 unspecified atom stereocenters. The molecule has 1 amide bonds. The lowest BCUT2D eigenvalue weighted by molar-refractivity contribution is -0.131. The van der Waals surface area contributed by atoms with Gasteiger partial charge in [-0.2, -0.15) is 18.3 Å². The van der Waals surface area contributed by atoms with Crippen molar-refractivity contribution in [2.75, 3.05) is 19.0 Å². The van der Waals surface area contributed by atoms with E-state index in [1.807, 2.05) is 13.0 Å². The normalized spacial score (nSPS) is 13.4. The van der Waals surface area contributed by atoms with Gasteiger partial charge in [0.1, 0.15) is 11.4 Å². The van der Waals surface area contributed by atoms with Gasteiger partial charge in [0.2, 0.25) is 5.78 Å². The monoisotopic (exact) mass is 537 g/mol. The van der Waals surface area contributed by atoms with Crippen LogP contribution in [0.4, 0.5) is 18.9 Å². The summed E-state index contributed by atoms with van der Waals surface area (Å²) in [5.74, 6) is -0.0900. The Labute approximate surface area is 222 Å². The maximum Gasteiger partial charge on any atom is 0.390 e. The molecule has 1 aliphatic rings. The van der Waals surface area contributed by atoms with Gasteiger partial charge in [-0.05, 0) is 55.7 Å². The smallest absolute Gasteiger partial charge is 0.390 e. The van der Waals surface area contributed by atoms with E-state index >= 15 is 0 Å². The first-order valence-electron chi connectivity index (χ1n) is 12.4. The minimum atomic E-state index is -4.35. The molecule has 4 aromatic rings. The number of aromatic nitrogens is 3. The van der Waals surface area contributed by atoms with E-state index in [4.69, 9.17) is 4.74 Å². The molecule has 1 fully saturated rings. The van der Waals surface area contributed by atoms with Crippen LogP contribution in [-0.4, -0.2) is 52.2 Å². The highest BCUT2D eigenvalue weighted by Crippen LogP contribution is 2.29. The van der Waals surface area contributed by atoms with Crippen molar-refractivity contribution in [3.05, 3.63) is 77.1 Å². The number of methoxy groups -OCH3 is 1. The van der Waals surface area contributed by atoms with Gasteiger partial charge >= 0.3 is 6.18 Å². The number of aryl methyl sites for hydroxylation is 1. The molecule has 2 aromatic carbocycles. The summed E-state index contributed by atoms with van der Waals surface area (Å²) in [6.45, 7) is 1.42. The van der Waals surface area contributed by atoms with Gasteiger partial charge in [0, 0.05) is 29.3 Å². The summed E-state index contributed by atoms with van der Waals surface area (Å²) in [5.41, 5.74) is 3.33. The Balaban J connectivity index is 1.55. The Morgan fingerprint density at radius 1 is 1.13 bits per heavy atom. The van der Waals surface area contributed by atoms with Crippen LogP contribution in [0.15, 0.2) is 54.7 Å². The number of hydrogen-bond donors (Lipinski definition) is 2. The van der Waals surface area contributed by atoms with E-state index in [0.29, 0.717) is 28.1 Å². The lowest BCUT2D eigenvalue weighted by Gasteiger charge is -2.13. The van der Waals surface area contributed by atoms with Crippen molar-refractivity contribution >= 4 is 23.0 Å². The third kappa shape index (κ3) is 5.87. The van der Waals surface area contributed by atoms with Crippen molar-refractivity contribution in [1.82, 2.24) is 19.9 Å². The van der Waals surface area contributed by atoms with Crippen LogP contribution in [0.1, 0.15) is 51.2 Å². The standard InChI is InChI=1S/C28H26F3N5O3/c1-16-12-17(6-9-21(16)27(38)34-19-7-8-19)24-15-33-26-23(32-11-10-28(29,30)31)14-22(35-36(24)26)25(37)18-4-3-5-20(13-18)39-2/h3-6,9,12-15,19,32H,7-8,10-11H2,1-2H3,(H,34,38). The van der Waals surface area contributed by atoms with Gasteiger partial charge < -0.3 is 15.4 Å². The second kappa shape index (κ2) is 10.4. The predicted molar refractivity (Wildman–Crippen MR) is 139 cm³/mol. The molecule has 202 valence electrons. The molecular weight excluding hydrogens is 511 g/mol. The summed E-state index contributed by atoms with van der Waals surface area (Å²) >= 11 is 0. The number of hydrogen-bond acceptors (Lipinski definition) is 6. The van der Waals surface area contributed by atoms with Crippen LogP contribution in [0.3, 0.4) is 0 Å². The fourth-order valence-electron chi connectivity index (χ4n) is 4.23. The first-order chi connectivity index (χ1) is 18.6. The fourth-order valence-corrected chi connectivity index (χ4v) is 4.23. The first kappa shape index (κ1) is 26.2. The molecule has 0 aliphatic heterocycles. The van der Waals surface area contributed by atoms with Crippen LogP contribution in [0.2, 0.25) is 0 Å². The number of ketones is 1. The topological polar surface area (TPSA) is 97.6 Å². The maximum atomic E-state index is 13.4. The molecule has 2 aromatic heterocycles. The number of anilines is 1. The van der Waals surface area contributed by atoms with E-state index in [1.165, 1.54) is 23.9 Å². The highest BCUT2D eigenvalue weighted by Gasteiger charge is 2.27. The van der Waals surface area contributed by atoms with Gasteiger partial charge in [-0.25, -0.2) is 9.50 Å². The van der Waals surface area contributed by atoms with Crippen LogP contribution in [0.5, 0.6) is 5.75 Å². The average molecular weight is 538 g/mol. The Bertz CT molecular complexity index is 1560. The molecule has 8 nitrogen and oxygen atoms in total. The molecule has 0 radical (unpaired) electrons. The predicted octanol–water partition coefficient (Wildman–Crippen LogP) is 5.20. The largest absolute Gasteiger partial charge is 0.497 e. The second-order valence-electron chi connectivity index (χ2n) is 9.45. The molecular formula is C28H26F3N5O3. The van der Waals surface area contributed by atoms with Gasteiger partial charge in [0.05, 0.1) is 31.1 Å². The zero-order chi connectivity index (χ0) is 27.7. The molecule has 2 N–H and O–H groups in total. The van der Waals surface area contributed by atoms with Crippen molar-refractivity contribution in [2.24, 2.45) is 0 Å². The second-order valence-corrected chi connectivity index (χ2v) is 9.45. The molecule has 5 rings (SSSR count). The molecule has 2 heterocycles. The van der Waals surface area contributed by atoms with Crippen molar-refractivity contribution < 1.29 is 27.5 Å². The highest BCUT2D eigenvalue weighted by atomic mass is 19.4. The SMILES string of the molecule is COc1cccc(C(=O)c2cc(NCCC(F)(F)F)c3ncc(-c4ccc(C(=O)NC5CC5)c(C)c4)n3n2)c1. The fraction of sp³-hybridized carbons (Fsp3) is 0.286. The van der Waals surface area contributed by atoms with Crippen molar-refractivity contribution in [1.29, 1.82) is 0 Å². The van der Waals surface area contributed by atoms with Crippen molar-refractivity contribution in [2.45, 2.75) is 38.4 Å². The lowest BCUT2D eigenvalue weighted by Crippen LogP contribution is -2.26. The minimum Gasteiger partial charge on any atom is -0.497 e. The number of ether oxygens (including phenoxy) is 1. The van der Waals surface area contributed by atoms with E-state index in [9.17, 15) is 22.8 Å². The van der Waals surface area contributed by atoms with E-state index in [2.05, 4.69) is 20.7 Å². The molecule has 0 bridgehead atoms. The minimum absolute atomic E-state index is 0.0154. The number of rotatable bonds is 9. The van der Waals surface area contributed by atoms with Gasteiger partial charge in [-0.3, -0.25) is 9.59 Å². The van der Waals surface area contributed by atoms with Crippen LogP contribution in [0, 0.1) is 6.92 Å². The Hall–Kier alpha value is -4.41. The Morgan fingerprint density at radius 3 is 2.62 bits per heavy atom. The first-order valence-corrected chi connectivity index (χ1v) is 12.4. The van der Waals surface area contributed by atoms with Gasteiger partial charge in [-0.15, -0.1) is 0 Å². The number of amides is 1. The number of carbonyl (C=O) groups is 2. The van der Waals surface area contributed by atoms with Gasteiger partial charge in [0.15, 0.2) is 5.65 Å². The summed E-state index contributed by atoms with van der Waals surface area (Å²) in [6.07, 6.45) is -1.91. The maximum absolute atomic E-state index is 13.4. The molecule has 0 saturated heterocycles. The van der Waals surface area contributed by atoms with Crippen LogP contribution >= 0.6 is 0 Å². The summed E-state index contributed by atoms with van der Waals surface area (Å²) < 4.78 is 45.1. The lowest BCUT2D eigenvalue weighted by atomic mass is 10.0. The average Bonchev–Trinajstić information content (AvgIpc) is 3.61. The summed E-state index contributed by atoms with van der Waals surface area (Å²) in [5, 5.41) is 10.3. The number of nitrogens with one attached hydrogen (secondary N) is 2. The van der Waals surface area contributed by atoms with Crippen LogP contribution in [0.25, 0.3) is 16.9 Å². The van der Waals surface area contributed by atoms with E-state index in [0.717, 1.165) is 18.4 Å². The van der Waals surface area contributed by atoms with Crippen LogP contribution in [-0.2, 0) is 0 Å². The quantitative estimate of drug-likeness (QED) is 0.285. The van der Waals surface area contributed by atoms with Crippen molar-refractivity contribution in [3.8, 4) is 17.0 Å². The molecule has 1 saturated carbocycles. The number of halogens is 3. The zero-order valence-electron chi connectivity index (χ0n) is 21.3. The van der Waals surface area contributed by atoms with E-state index in [-0.39, 0.29) is 29.0 Å². The summed E-state index contributed by atoms with van der Waals surface area (Å²) in [7, 11) is 1.48. The Morgan fingerprint density at radius 2 is 1.92 bits per heavy atom. The molecule has 39 heavy (non-hydrogen) atoms. The van der Waals surface area contributed by atoms with Crippen LogP contribution < -0.4 is 15.4 Å². The molecule has 11 heteroatoms. The number of carbonyl (C=O) groups excluding carboxylic acids is 2. The van der Waals surface area contributed by atoms with E-state index < -0.39 is 24.9 Å². The number of imidazole rings is 1.